The van der Waals surface area contributed by atoms with Crippen LogP contribution in [0, 0.1) is 46.3 Å². The van der Waals surface area contributed by atoms with Gasteiger partial charge in [0.1, 0.15) is 0 Å². The standard InChI is InChI=1S/C24H40O4.ClH/c1-14(4-9-22(27)28)18-7-8-19-17-6-5-15-12-16(25)10-11-23(15,2)20(17)13-21(26)24(18,19)3;/h14-21,25-26H,4-13H2,1-3H3,(H,27,28);1H/t14-,15-,16-,17+,18-,19+,20+,21+,23+,24-;/m1./s1. The molecule has 3 N–H and O–H groups in total. The molecular weight excluding hydrogens is 388 g/mol. The largest absolute Gasteiger partial charge is 0.481 e. The Hall–Kier alpha value is -0.320. The molecule has 0 aliphatic heterocycles. The maximum absolute atomic E-state index is 11.5. The fourth-order valence-corrected chi connectivity index (χ4v) is 8.71. The highest BCUT2D eigenvalue weighted by Crippen LogP contribution is 2.68. The highest BCUT2D eigenvalue weighted by atomic mass is 35.5. The zero-order valence-corrected chi connectivity index (χ0v) is 19.2. The average Bonchev–Trinajstić information content (AvgIpc) is 3.00. The van der Waals surface area contributed by atoms with Gasteiger partial charge in [-0.3, -0.25) is 4.79 Å². The third-order valence-corrected chi connectivity index (χ3v) is 10.3. The molecule has 0 amide bonds. The van der Waals surface area contributed by atoms with Crippen molar-refractivity contribution in [2.75, 3.05) is 0 Å². The second-order valence-corrected chi connectivity index (χ2v) is 11.3. The monoisotopic (exact) mass is 428 g/mol. The number of fused-ring (bicyclic) bond motifs is 5. The van der Waals surface area contributed by atoms with Gasteiger partial charge in [0, 0.05) is 6.42 Å². The second-order valence-electron chi connectivity index (χ2n) is 11.3. The Kier molecular flexibility index (Phi) is 6.69. The normalized spacial score (nSPS) is 49.9. The fourth-order valence-electron chi connectivity index (χ4n) is 8.71. The lowest BCUT2D eigenvalue weighted by molar-refractivity contribution is -0.175. The van der Waals surface area contributed by atoms with E-state index in [4.69, 9.17) is 5.11 Å². The lowest BCUT2D eigenvalue weighted by atomic mass is 9.43. The van der Waals surface area contributed by atoms with Crippen molar-refractivity contribution >= 4 is 18.4 Å². The quantitative estimate of drug-likeness (QED) is 0.595. The smallest absolute Gasteiger partial charge is 0.303 e. The summed E-state index contributed by atoms with van der Waals surface area (Å²) in [7, 11) is 0. The summed E-state index contributed by atoms with van der Waals surface area (Å²) in [5.41, 5.74) is 0.216. The molecule has 10 atom stereocenters. The molecule has 0 aromatic carbocycles. The van der Waals surface area contributed by atoms with Gasteiger partial charge in [0.25, 0.3) is 0 Å². The average molecular weight is 429 g/mol. The van der Waals surface area contributed by atoms with Crippen molar-refractivity contribution < 1.29 is 20.1 Å². The van der Waals surface area contributed by atoms with Crippen LogP contribution in [0.15, 0.2) is 0 Å². The summed E-state index contributed by atoms with van der Waals surface area (Å²) in [6.45, 7) is 6.99. The van der Waals surface area contributed by atoms with Gasteiger partial charge >= 0.3 is 5.97 Å². The minimum Gasteiger partial charge on any atom is -0.481 e. The first kappa shape index (κ1) is 23.3. The maximum Gasteiger partial charge on any atom is 0.303 e. The summed E-state index contributed by atoms with van der Waals surface area (Å²) >= 11 is 0. The number of carboxylic acid groups (broad SMARTS) is 1. The first-order chi connectivity index (χ1) is 13.2. The van der Waals surface area contributed by atoms with Gasteiger partial charge in [-0.2, -0.15) is 0 Å². The number of aliphatic hydroxyl groups excluding tert-OH is 2. The van der Waals surface area contributed by atoms with E-state index in [0.717, 1.165) is 38.5 Å². The number of rotatable bonds is 4. The van der Waals surface area contributed by atoms with Crippen LogP contribution in [-0.4, -0.2) is 33.5 Å². The van der Waals surface area contributed by atoms with E-state index in [1.165, 1.54) is 19.3 Å². The number of aliphatic hydroxyl groups is 2. The molecule has 0 aromatic heterocycles. The number of hydrogen-bond acceptors (Lipinski definition) is 3. The molecular formula is C24H41ClO4. The SMILES string of the molecule is C[C@H](CCC(=O)O)[C@H]1CC[C@H]2[C@@H]3CC[C@@H]4C[C@H](O)CC[C@]4(C)[C@H]3C[C@H](O)[C@]12C.Cl. The lowest BCUT2D eigenvalue weighted by Crippen LogP contribution is -2.58. The Morgan fingerprint density at radius 1 is 1.03 bits per heavy atom. The van der Waals surface area contributed by atoms with Crippen molar-refractivity contribution in [3.05, 3.63) is 0 Å². The number of aliphatic carboxylic acids is 1. The first-order valence-corrected chi connectivity index (χ1v) is 11.8. The molecule has 168 valence electrons. The molecule has 0 unspecified atom stereocenters. The topological polar surface area (TPSA) is 77.8 Å². The molecule has 4 aliphatic carbocycles. The number of carboxylic acids is 1. The predicted octanol–water partition coefficient (Wildman–Crippen LogP) is 4.90. The molecule has 0 heterocycles. The van der Waals surface area contributed by atoms with E-state index >= 15 is 0 Å². The van der Waals surface area contributed by atoms with Gasteiger partial charge in [-0.05, 0) is 104 Å². The fraction of sp³-hybridized carbons (Fsp3) is 0.958. The first-order valence-electron chi connectivity index (χ1n) is 11.8. The summed E-state index contributed by atoms with van der Waals surface area (Å²) in [5.74, 6) is 2.55. The van der Waals surface area contributed by atoms with Gasteiger partial charge in [0.2, 0.25) is 0 Å². The van der Waals surface area contributed by atoms with Crippen LogP contribution in [0.1, 0.15) is 85.0 Å². The minimum absolute atomic E-state index is 0. The van der Waals surface area contributed by atoms with Crippen molar-refractivity contribution in [3.63, 3.8) is 0 Å². The van der Waals surface area contributed by atoms with Gasteiger partial charge in [-0.25, -0.2) is 0 Å². The molecule has 0 spiro atoms. The van der Waals surface area contributed by atoms with Crippen LogP contribution in [0.5, 0.6) is 0 Å². The number of halogens is 1. The summed E-state index contributed by atoms with van der Waals surface area (Å²) in [6, 6.07) is 0. The van der Waals surface area contributed by atoms with Gasteiger partial charge < -0.3 is 15.3 Å². The van der Waals surface area contributed by atoms with Crippen molar-refractivity contribution in [2.45, 2.75) is 97.2 Å². The van der Waals surface area contributed by atoms with Crippen molar-refractivity contribution in [3.8, 4) is 0 Å². The molecule has 0 saturated heterocycles. The molecule has 4 aliphatic rings. The highest BCUT2D eigenvalue weighted by molar-refractivity contribution is 5.85. The van der Waals surface area contributed by atoms with Gasteiger partial charge in [0.05, 0.1) is 12.2 Å². The second kappa shape index (κ2) is 8.31. The Morgan fingerprint density at radius 3 is 2.45 bits per heavy atom. The third kappa shape index (κ3) is 3.65. The van der Waals surface area contributed by atoms with E-state index in [-0.39, 0.29) is 41.9 Å². The van der Waals surface area contributed by atoms with Gasteiger partial charge in [0.15, 0.2) is 0 Å². The van der Waals surface area contributed by atoms with E-state index in [2.05, 4.69) is 20.8 Å². The molecule has 29 heavy (non-hydrogen) atoms. The van der Waals surface area contributed by atoms with Crippen molar-refractivity contribution in [1.82, 2.24) is 0 Å². The van der Waals surface area contributed by atoms with Crippen LogP contribution in [-0.2, 0) is 4.79 Å². The predicted molar refractivity (Wildman–Crippen MR) is 116 cm³/mol. The van der Waals surface area contributed by atoms with Crippen LogP contribution >= 0.6 is 12.4 Å². The molecule has 5 heteroatoms. The van der Waals surface area contributed by atoms with Crippen molar-refractivity contribution in [2.24, 2.45) is 46.3 Å². The van der Waals surface area contributed by atoms with E-state index in [1.54, 1.807) is 0 Å². The maximum atomic E-state index is 11.5. The lowest BCUT2D eigenvalue weighted by Gasteiger charge is -2.62. The zero-order chi connectivity index (χ0) is 20.3. The molecule has 4 fully saturated rings. The third-order valence-electron chi connectivity index (χ3n) is 10.3. The Balaban J connectivity index is 0.00000240. The van der Waals surface area contributed by atoms with Crippen LogP contribution in [0.3, 0.4) is 0 Å². The molecule has 0 bridgehead atoms. The van der Waals surface area contributed by atoms with E-state index in [9.17, 15) is 15.0 Å². The molecule has 4 rings (SSSR count). The van der Waals surface area contributed by atoms with Crippen LogP contribution < -0.4 is 0 Å². The molecule has 0 radical (unpaired) electrons. The van der Waals surface area contributed by atoms with E-state index in [0.29, 0.717) is 35.5 Å². The van der Waals surface area contributed by atoms with E-state index < -0.39 is 5.97 Å². The Morgan fingerprint density at radius 2 is 1.76 bits per heavy atom. The minimum atomic E-state index is -0.707. The number of hydrogen-bond donors (Lipinski definition) is 3. The van der Waals surface area contributed by atoms with Gasteiger partial charge in [-0.15, -0.1) is 12.4 Å². The Bertz CT molecular complexity index is 612. The van der Waals surface area contributed by atoms with Crippen LogP contribution in [0.2, 0.25) is 0 Å². The molecule has 0 aromatic rings. The van der Waals surface area contributed by atoms with Crippen LogP contribution in [0.25, 0.3) is 0 Å². The summed E-state index contributed by atoms with van der Waals surface area (Å²) in [6.07, 6.45) is 9.26. The summed E-state index contributed by atoms with van der Waals surface area (Å²) < 4.78 is 0. The van der Waals surface area contributed by atoms with Gasteiger partial charge in [-0.1, -0.05) is 20.8 Å². The number of carbonyl (C=O) groups is 1. The summed E-state index contributed by atoms with van der Waals surface area (Å²) in [4.78, 5) is 11.1. The highest BCUT2D eigenvalue weighted by Gasteiger charge is 2.63. The van der Waals surface area contributed by atoms with Crippen molar-refractivity contribution in [1.29, 1.82) is 0 Å². The molecule has 4 saturated carbocycles. The van der Waals surface area contributed by atoms with Crippen LogP contribution in [0.4, 0.5) is 0 Å². The molecule has 4 nitrogen and oxygen atoms in total. The van der Waals surface area contributed by atoms with E-state index in [1.807, 2.05) is 0 Å². The zero-order valence-electron chi connectivity index (χ0n) is 18.3. The Labute approximate surface area is 182 Å². The summed E-state index contributed by atoms with van der Waals surface area (Å²) in [5, 5.41) is 30.8.